The van der Waals surface area contributed by atoms with E-state index >= 15 is 0 Å². The summed E-state index contributed by atoms with van der Waals surface area (Å²) in [7, 11) is 1.60. The van der Waals surface area contributed by atoms with E-state index in [1.54, 1.807) is 31.4 Å². The maximum Gasteiger partial charge on any atom is 0.260 e. The lowest BCUT2D eigenvalue weighted by molar-refractivity contribution is -0.115. The molecule has 1 amide bonds. The van der Waals surface area contributed by atoms with Crippen LogP contribution in [0.1, 0.15) is 24.9 Å². The van der Waals surface area contributed by atoms with E-state index in [1.165, 1.54) is 23.1 Å². The lowest BCUT2D eigenvalue weighted by atomic mass is 10.1. The molecule has 164 valence electrons. The summed E-state index contributed by atoms with van der Waals surface area (Å²) in [6, 6.07) is 17.0. The van der Waals surface area contributed by atoms with Crippen LogP contribution < -0.4 is 15.6 Å². The van der Waals surface area contributed by atoms with E-state index in [9.17, 15) is 9.59 Å². The Labute approximate surface area is 194 Å². The summed E-state index contributed by atoms with van der Waals surface area (Å²) in [4.78, 5) is 33.8. The Kier molecular flexibility index (Phi) is 6.62. The van der Waals surface area contributed by atoms with E-state index in [-0.39, 0.29) is 22.0 Å². The van der Waals surface area contributed by atoms with Gasteiger partial charge in [-0.3, -0.25) is 9.59 Å². The van der Waals surface area contributed by atoms with E-state index in [0.717, 1.165) is 16.9 Å². The molecule has 6 nitrogen and oxygen atoms in total. The fourth-order valence-corrected chi connectivity index (χ4v) is 5.33. The Morgan fingerprint density at radius 1 is 1.12 bits per heavy atom. The molecule has 2 aromatic carbocycles. The Hall–Kier alpha value is -3.10. The van der Waals surface area contributed by atoms with Crippen molar-refractivity contribution in [3.05, 3.63) is 76.2 Å². The summed E-state index contributed by atoms with van der Waals surface area (Å²) in [5, 5.41) is 4.98. The molecule has 0 saturated carbocycles. The molecule has 2 N–H and O–H groups in total. The smallest absolute Gasteiger partial charge is 0.260 e. The van der Waals surface area contributed by atoms with Crippen LogP contribution in [-0.2, 0) is 4.79 Å². The molecule has 0 saturated heterocycles. The normalized spacial score (nSPS) is 13.0. The first-order valence-electron chi connectivity index (χ1n) is 10.1. The van der Waals surface area contributed by atoms with Crippen LogP contribution in [0.3, 0.4) is 0 Å². The molecule has 2 heterocycles. The van der Waals surface area contributed by atoms with E-state index in [2.05, 4.69) is 10.3 Å². The van der Waals surface area contributed by atoms with E-state index in [4.69, 9.17) is 9.72 Å². The van der Waals surface area contributed by atoms with Gasteiger partial charge in [-0.2, -0.15) is 0 Å². The number of anilines is 1. The highest BCUT2D eigenvalue weighted by Crippen LogP contribution is 2.34. The van der Waals surface area contributed by atoms with Crippen molar-refractivity contribution in [1.29, 1.82) is 0 Å². The summed E-state index contributed by atoms with van der Waals surface area (Å²) in [5.41, 5.74) is 2.42. The van der Waals surface area contributed by atoms with Gasteiger partial charge in [0.2, 0.25) is 5.91 Å². The van der Waals surface area contributed by atoms with Crippen LogP contribution in [0, 0.1) is 0 Å². The number of fused-ring (bicyclic) bond motifs is 1. The molecule has 0 aliphatic rings. The molecule has 0 bridgehead atoms. The van der Waals surface area contributed by atoms with Gasteiger partial charge in [0.05, 0.1) is 23.0 Å². The Balaban J connectivity index is 1.49. The maximum absolute atomic E-state index is 12.9. The molecular formula is C24H23N3O3S2. The van der Waals surface area contributed by atoms with E-state index < -0.39 is 0 Å². The number of aromatic nitrogens is 2. The third-order valence-electron chi connectivity index (χ3n) is 5.07. The summed E-state index contributed by atoms with van der Waals surface area (Å²) < 4.78 is 5.14. The molecule has 4 rings (SSSR count). The van der Waals surface area contributed by atoms with Crippen LogP contribution in [0.15, 0.2) is 64.8 Å². The number of thiophene rings is 1. The minimum absolute atomic E-state index is 0.113. The van der Waals surface area contributed by atoms with Gasteiger partial charge in [-0.15, -0.1) is 23.1 Å². The van der Waals surface area contributed by atoms with Crippen molar-refractivity contribution in [2.75, 3.05) is 12.4 Å². The van der Waals surface area contributed by atoms with Crippen molar-refractivity contribution in [3.63, 3.8) is 0 Å². The standard InChI is InChI=1S/C24H23N3O3S2/c1-14(32-15(2)22(28)25-17-9-11-18(30-3)12-10-17)21-26-23(29)20-19(13-31-24(20)27-21)16-7-5-4-6-8-16/h4-15H,1-3H3,(H,25,28)(H,26,27,29)/t14-,15-/m0/s1. The van der Waals surface area contributed by atoms with Crippen molar-refractivity contribution in [3.8, 4) is 16.9 Å². The van der Waals surface area contributed by atoms with Crippen LogP contribution in [0.5, 0.6) is 5.75 Å². The number of ether oxygens (including phenoxy) is 1. The number of benzene rings is 2. The largest absolute Gasteiger partial charge is 0.497 e. The topological polar surface area (TPSA) is 84.1 Å². The number of methoxy groups -OCH3 is 1. The molecule has 0 spiro atoms. The van der Waals surface area contributed by atoms with Crippen LogP contribution >= 0.6 is 23.1 Å². The number of rotatable bonds is 7. The molecule has 0 aliphatic heterocycles. The number of amides is 1. The number of H-pyrrole nitrogens is 1. The van der Waals surface area contributed by atoms with Crippen molar-refractivity contribution in [1.82, 2.24) is 9.97 Å². The molecule has 0 fully saturated rings. The van der Waals surface area contributed by atoms with Gasteiger partial charge >= 0.3 is 0 Å². The molecular weight excluding hydrogens is 442 g/mol. The number of nitrogens with zero attached hydrogens (tertiary/aromatic N) is 1. The van der Waals surface area contributed by atoms with Gasteiger partial charge in [0, 0.05) is 16.6 Å². The van der Waals surface area contributed by atoms with Crippen molar-refractivity contribution in [2.24, 2.45) is 0 Å². The zero-order chi connectivity index (χ0) is 22.7. The van der Waals surface area contributed by atoms with Gasteiger partial charge in [-0.05, 0) is 43.7 Å². The predicted molar refractivity (Wildman–Crippen MR) is 133 cm³/mol. The van der Waals surface area contributed by atoms with Gasteiger partial charge in [-0.25, -0.2) is 4.98 Å². The van der Waals surface area contributed by atoms with Gasteiger partial charge in [0.25, 0.3) is 5.56 Å². The highest BCUT2D eigenvalue weighted by Gasteiger charge is 2.21. The highest BCUT2D eigenvalue weighted by molar-refractivity contribution is 8.00. The Morgan fingerprint density at radius 2 is 1.84 bits per heavy atom. The van der Waals surface area contributed by atoms with Crippen LogP contribution in [-0.4, -0.2) is 28.2 Å². The van der Waals surface area contributed by atoms with Gasteiger partial charge in [0.1, 0.15) is 16.4 Å². The monoisotopic (exact) mass is 465 g/mol. The molecule has 4 aromatic rings. The van der Waals surface area contributed by atoms with Crippen LogP contribution in [0.4, 0.5) is 5.69 Å². The summed E-state index contributed by atoms with van der Waals surface area (Å²) in [6.45, 7) is 3.78. The quantitative estimate of drug-likeness (QED) is 0.377. The average molecular weight is 466 g/mol. The fourth-order valence-electron chi connectivity index (χ4n) is 3.34. The molecule has 32 heavy (non-hydrogen) atoms. The zero-order valence-electron chi connectivity index (χ0n) is 17.9. The van der Waals surface area contributed by atoms with Crippen molar-refractivity contribution >= 4 is 44.9 Å². The maximum atomic E-state index is 12.9. The van der Waals surface area contributed by atoms with E-state index in [1.807, 2.05) is 49.6 Å². The number of nitrogens with one attached hydrogen (secondary N) is 2. The average Bonchev–Trinajstić information content (AvgIpc) is 3.25. The molecule has 2 atom stereocenters. The highest BCUT2D eigenvalue weighted by atomic mass is 32.2. The summed E-state index contributed by atoms with van der Waals surface area (Å²) in [6.07, 6.45) is 0. The third-order valence-corrected chi connectivity index (χ3v) is 7.19. The number of carbonyl (C=O) groups excluding carboxylic acids is 1. The molecule has 0 radical (unpaired) electrons. The summed E-state index contributed by atoms with van der Waals surface area (Å²) in [5.74, 6) is 1.18. The number of thioether (sulfide) groups is 1. The van der Waals surface area contributed by atoms with E-state index in [0.29, 0.717) is 21.7 Å². The number of hydrogen-bond donors (Lipinski definition) is 2. The fraction of sp³-hybridized carbons (Fsp3) is 0.208. The first-order valence-corrected chi connectivity index (χ1v) is 12.0. The van der Waals surface area contributed by atoms with Crippen LogP contribution in [0.2, 0.25) is 0 Å². The Bertz CT molecular complexity index is 1280. The van der Waals surface area contributed by atoms with Gasteiger partial charge in [0.15, 0.2) is 0 Å². The predicted octanol–water partition coefficient (Wildman–Crippen LogP) is 5.48. The first-order chi connectivity index (χ1) is 15.5. The second kappa shape index (κ2) is 9.58. The molecule has 0 aliphatic carbocycles. The van der Waals surface area contributed by atoms with Crippen LogP contribution in [0.25, 0.3) is 21.3 Å². The Morgan fingerprint density at radius 3 is 2.53 bits per heavy atom. The third kappa shape index (κ3) is 4.71. The lowest BCUT2D eigenvalue weighted by Gasteiger charge is -2.16. The molecule has 0 unspecified atom stereocenters. The van der Waals surface area contributed by atoms with Gasteiger partial charge < -0.3 is 15.0 Å². The lowest BCUT2D eigenvalue weighted by Crippen LogP contribution is -2.23. The zero-order valence-corrected chi connectivity index (χ0v) is 19.5. The number of hydrogen-bond acceptors (Lipinski definition) is 6. The molecule has 2 aromatic heterocycles. The minimum atomic E-state index is -0.337. The minimum Gasteiger partial charge on any atom is -0.497 e. The van der Waals surface area contributed by atoms with Crippen molar-refractivity contribution < 1.29 is 9.53 Å². The van der Waals surface area contributed by atoms with Crippen molar-refractivity contribution in [2.45, 2.75) is 24.3 Å². The number of aromatic amines is 1. The number of carbonyl (C=O) groups is 1. The second-order valence-corrected chi connectivity index (χ2v) is 9.83. The second-order valence-electron chi connectivity index (χ2n) is 7.29. The first kappa shape index (κ1) is 22.1. The van der Waals surface area contributed by atoms with Gasteiger partial charge in [-0.1, -0.05) is 30.3 Å². The SMILES string of the molecule is COc1ccc(NC(=O)[C@H](C)S[C@@H](C)c2nc3scc(-c4ccccc4)c3c(=O)[nH]2)cc1. The molecule has 8 heteroatoms. The summed E-state index contributed by atoms with van der Waals surface area (Å²) >= 11 is 2.90.